The van der Waals surface area contributed by atoms with Crippen molar-refractivity contribution in [3.63, 3.8) is 0 Å². The van der Waals surface area contributed by atoms with E-state index in [-0.39, 0.29) is 37.7 Å². The molecule has 2 atom stereocenters. The summed E-state index contributed by atoms with van der Waals surface area (Å²) in [7, 11) is 0. The Hall–Kier alpha value is -4.32. The normalized spacial score (nSPS) is 11.9. The number of para-hydroxylation sites is 1. The summed E-state index contributed by atoms with van der Waals surface area (Å²) in [4.78, 5) is 48.9. The zero-order valence-corrected chi connectivity index (χ0v) is 24.9. The van der Waals surface area contributed by atoms with Gasteiger partial charge in [0.1, 0.15) is 24.5 Å². The van der Waals surface area contributed by atoms with Gasteiger partial charge in [0.25, 0.3) is 0 Å². The molecular formula is C31H41NO11. The summed E-state index contributed by atoms with van der Waals surface area (Å²) < 4.78 is 36.0. The fraction of sp³-hybridized carbons (Fsp3) is 0.484. The average Bonchev–Trinajstić information content (AvgIpc) is 2.98. The van der Waals surface area contributed by atoms with Gasteiger partial charge in [-0.05, 0) is 56.0 Å². The topological polar surface area (TPSA) is 159 Å². The third kappa shape index (κ3) is 14.4. The van der Waals surface area contributed by atoms with E-state index in [0.717, 1.165) is 25.7 Å². The number of carbonyl (C=O) groups excluding carboxylic acids is 4. The van der Waals surface area contributed by atoms with Crippen LogP contribution in [0.2, 0.25) is 0 Å². The number of carbonyl (C=O) groups is 4. The van der Waals surface area contributed by atoms with E-state index in [2.05, 4.69) is 0 Å². The van der Waals surface area contributed by atoms with Crippen LogP contribution in [0.3, 0.4) is 0 Å². The Labute approximate surface area is 251 Å². The lowest BCUT2D eigenvalue weighted by atomic mass is 10.1. The van der Waals surface area contributed by atoms with Crippen molar-refractivity contribution in [2.45, 2.75) is 77.9 Å². The van der Waals surface area contributed by atoms with Crippen LogP contribution in [-0.2, 0) is 30.2 Å². The number of hydrogen-bond donors (Lipinski definition) is 1. The van der Waals surface area contributed by atoms with Crippen LogP contribution < -0.4 is 19.9 Å². The van der Waals surface area contributed by atoms with Gasteiger partial charge in [0, 0.05) is 0 Å². The Morgan fingerprint density at radius 3 is 1.91 bits per heavy atom. The molecule has 2 aromatic rings. The van der Waals surface area contributed by atoms with Crippen molar-refractivity contribution in [3.8, 4) is 17.2 Å². The monoisotopic (exact) mass is 603 g/mol. The van der Waals surface area contributed by atoms with Crippen LogP contribution in [0.1, 0.15) is 64.9 Å². The molecule has 12 nitrogen and oxygen atoms in total. The molecule has 0 heterocycles. The number of hydrogen-bond acceptors (Lipinski definition) is 12. The molecular weight excluding hydrogens is 562 g/mol. The third-order valence-corrected chi connectivity index (χ3v) is 5.79. The summed E-state index contributed by atoms with van der Waals surface area (Å²) in [5, 5.41) is 0. The zero-order chi connectivity index (χ0) is 31.5. The van der Waals surface area contributed by atoms with Gasteiger partial charge < -0.3 is 38.9 Å². The molecule has 2 N–H and O–H groups in total. The second kappa shape index (κ2) is 19.7. The lowest BCUT2D eigenvalue weighted by molar-refractivity contribution is -0.151. The van der Waals surface area contributed by atoms with E-state index in [9.17, 15) is 19.2 Å². The van der Waals surface area contributed by atoms with E-state index >= 15 is 0 Å². The molecule has 0 fully saturated rings. The maximum absolute atomic E-state index is 12.6. The van der Waals surface area contributed by atoms with Crippen molar-refractivity contribution in [1.82, 2.24) is 0 Å². The SMILES string of the molecule is CCCCCOC(=O)Oc1ccc(C[C@H](N)C(=O)O[C@@H](C)COC(=O)Oc2ccccc2)cc1OC(=O)OCCCCC. The minimum atomic E-state index is -1.11. The van der Waals surface area contributed by atoms with Gasteiger partial charge >= 0.3 is 24.4 Å². The number of esters is 1. The first kappa shape index (κ1) is 34.9. The molecule has 0 saturated heterocycles. The highest BCUT2D eigenvalue weighted by Crippen LogP contribution is 2.30. The number of nitrogens with two attached hydrogens (primary N) is 1. The van der Waals surface area contributed by atoms with Gasteiger partial charge in [-0.3, -0.25) is 4.79 Å². The lowest BCUT2D eigenvalue weighted by Gasteiger charge is -2.17. The molecule has 0 unspecified atom stereocenters. The van der Waals surface area contributed by atoms with E-state index in [1.165, 1.54) is 19.1 Å². The second-order valence-corrected chi connectivity index (χ2v) is 9.63. The highest BCUT2D eigenvalue weighted by atomic mass is 16.7. The molecule has 12 heteroatoms. The molecule has 0 aliphatic heterocycles. The molecule has 2 aromatic carbocycles. The van der Waals surface area contributed by atoms with Crippen molar-refractivity contribution in [3.05, 3.63) is 54.1 Å². The largest absolute Gasteiger partial charge is 0.513 e. The highest BCUT2D eigenvalue weighted by Gasteiger charge is 2.22. The van der Waals surface area contributed by atoms with Crippen LogP contribution in [0.25, 0.3) is 0 Å². The molecule has 0 aliphatic rings. The minimum absolute atomic E-state index is 0.00783. The summed E-state index contributed by atoms with van der Waals surface area (Å²) in [6, 6.07) is 11.6. The van der Waals surface area contributed by atoms with Crippen molar-refractivity contribution < 1.29 is 52.3 Å². The third-order valence-electron chi connectivity index (χ3n) is 5.79. The predicted octanol–water partition coefficient (Wildman–Crippen LogP) is 6.11. The van der Waals surface area contributed by atoms with E-state index in [4.69, 9.17) is 38.9 Å². The lowest BCUT2D eigenvalue weighted by Crippen LogP contribution is -2.37. The van der Waals surface area contributed by atoms with Crippen LogP contribution in [0, 0.1) is 0 Å². The van der Waals surface area contributed by atoms with E-state index in [1.54, 1.807) is 36.4 Å². The quantitative estimate of drug-likeness (QED) is 0.0957. The summed E-state index contributed by atoms with van der Waals surface area (Å²) in [6.45, 7) is 5.69. The number of rotatable bonds is 17. The van der Waals surface area contributed by atoms with Crippen molar-refractivity contribution in [1.29, 1.82) is 0 Å². The van der Waals surface area contributed by atoms with Crippen LogP contribution >= 0.6 is 0 Å². The summed E-state index contributed by atoms with van der Waals surface area (Å²) in [5.74, 6) is -0.615. The molecule has 0 bridgehead atoms. The van der Waals surface area contributed by atoms with E-state index in [1.807, 2.05) is 13.8 Å². The fourth-order valence-corrected chi connectivity index (χ4v) is 3.55. The molecule has 0 radical (unpaired) electrons. The molecule has 0 amide bonds. The van der Waals surface area contributed by atoms with Gasteiger partial charge in [0.05, 0.1) is 13.2 Å². The average molecular weight is 604 g/mol. The molecule has 2 rings (SSSR count). The van der Waals surface area contributed by atoms with Crippen molar-refractivity contribution in [2.24, 2.45) is 5.73 Å². The maximum atomic E-state index is 12.6. The molecule has 0 aromatic heterocycles. The van der Waals surface area contributed by atoms with Crippen molar-refractivity contribution >= 4 is 24.4 Å². The Bertz CT molecular complexity index is 1160. The van der Waals surface area contributed by atoms with Gasteiger partial charge in [0.15, 0.2) is 11.5 Å². The predicted molar refractivity (Wildman–Crippen MR) is 155 cm³/mol. The Balaban J connectivity index is 1.96. The molecule has 43 heavy (non-hydrogen) atoms. The molecule has 0 spiro atoms. The maximum Gasteiger partial charge on any atom is 0.513 e. The Morgan fingerprint density at radius 1 is 0.721 bits per heavy atom. The van der Waals surface area contributed by atoms with Gasteiger partial charge in [-0.1, -0.05) is 63.8 Å². The number of unbranched alkanes of at least 4 members (excludes halogenated alkanes) is 4. The number of benzene rings is 2. The number of ether oxygens (including phenoxy) is 7. The van der Waals surface area contributed by atoms with E-state index < -0.39 is 36.6 Å². The van der Waals surface area contributed by atoms with Gasteiger partial charge in [-0.2, -0.15) is 0 Å². The van der Waals surface area contributed by atoms with Gasteiger partial charge in [-0.15, -0.1) is 0 Å². The Morgan fingerprint density at radius 2 is 1.30 bits per heavy atom. The Kier molecular flexibility index (Phi) is 16.0. The van der Waals surface area contributed by atoms with Crippen LogP contribution in [0.15, 0.2) is 48.5 Å². The zero-order valence-electron chi connectivity index (χ0n) is 24.9. The van der Waals surface area contributed by atoms with Gasteiger partial charge in [-0.25, -0.2) is 14.4 Å². The standard InChI is InChI=1S/C31H41NO11/c1-4-6-11-17-37-29(34)42-26-16-15-23(20-27(26)43-30(35)38-18-12-7-5-2)19-25(32)28(33)40-22(3)21-39-31(36)41-24-13-9-8-10-14-24/h8-10,13-16,20,22,25H,4-7,11-12,17-19,21,32H2,1-3H3/t22-,25-/m0/s1. The highest BCUT2D eigenvalue weighted by molar-refractivity contribution is 5.76. The summed E-state index contributed by atoms with van der Waals surface area (Å²) in [5.41, 5.74) is 6.54. The minimum Gasteiger partial charge on any atom is -0.458 e. The molecule has 236 valence electrons. The van der Waals surface area contributed by atoms with Crippen LogP contribution in [0.5, 0.6) is 17.2 Å². The van der Waals surface area contributed by atoms with Crippen LogP contribution in [-0.4, -0.2) is 56.4 Å². The first-order chi connectivity index (χ1) is 20.7. The first-order valence-electron chi connectivity index (χ1n) is 14.4. The summed E-state index contributed by atoms with van der Waals surface area (Å²) in [6.07, 6.45) is 1.38. The molecule has 0 aliphatic carbocycles. The second-order valence-electron chi connectivity index (χ2n) is 9.63. The summed E-state index contributed by atoms with van der Waals surface area (Å²) >= 11 is 0. The molecule has 0 saturated carbocycles. The van der Waals surface area contributed by atoms with Crippen molar-refractivity contribution in [2.75, 3.05) is 19.8 Å². The van der Waals surface area contributed by atoms with E-state index in [0.29, 0.717) is 24.2 Å². The van der Waals surface area contributed by atoms with Gasteiger partial charge in [0.2, 0.25) is 0 Å². The fourth-order valence-electron chi connectivity index (χ4n) is 3.55. The van der Waals surface area contributed by atoms with Crippen LogP contribution in [0.4, 0.5) is 14.4 Å². The first-order valence-corrected chi connectivity index (χ1v) is 14.4. The smallest absolute Gasteiger partial charge is 0.458 e.